The third-order valence-electron chi connectivity index (χ3n) is 6.44. The van der Waals surface area contributed by atoms with Crippen molar-refractivity contribution in [1.82, 2.24) is 24.6 Å². The number of methoxy groups -OCH3 is 1. The van der Waals surface area contributed by atoms with E-state index in [0.717, 1.165) is 24.6 Å². The summed E-state index contributed by atoms with van der Waals surface area (Å²) in [4.78, 5) is 25.6. The van der Waals surface area contributed by atoms with E-state index in [4.69, 9.17) is 16.1 Å². The average Bonchev–Trinajstić information content (AvgIpc) is 3.29. The summed E-state index contributed by atoms with van der Waals surface area (Å²) in [7, 11) is 3.48. The molecule has 0 aliphatic carbocycles. The fourth-order valence-electron chi connectivity index (χ4n) is 4.59. The highest BCUT2D eigenvalue weighted by Crippen LogP contribution is 2.53. The van der Waals surface area contributed by atoms with Crippen molar-refractivity contribution in [3.05, 3.63) is 18.6 Å². The molecular formula is C21H27N7O2. The number of nitrogens with zero attached hydrogens (tertiary/aromatic N) is 6. The number of nitrogens with one attached hydrogen (secondary N) is 1. The Kier molecular flexibility index (Phi) is 4.80. The second-order valence-corrected chi connectivity index (χ2v) is 8.72. The van der Waals surface area contributed by atoms with Gasteiger partial charge in [-0.15, -0.1) is 6.42 Å². The van der Waals surface area contributed by atoms with Gasteiger partial charge in [0.05, 0.1) is 31.6 Å². The number of terminal acetylenes is 1. The molecule has 2 aromatic rings. The number of aromatic nitrogens is 4. The van der Waals surface area contributed by atoms with Crippen molar-refractivity contribution < 1.29 is 9.53 Å². The van der Waals surface area contributed by atoms with E-state index < -0.39 is 0 Å². The molecule has 0 aromatic carbocycles. The lowest BCUT2D eigenvalue weighted by Crippen LogP contribution is -2.36. The Morgan fingerprint density at radius 1 is 1.27 bits per heavy atom. The minimum absolute atomic E-state index is 0.0310. The third kappa shape index (κ3) is 3.32. The normalized spacial score (nSPS) is 25.2. The van der Waals surface area contributed by atoms with E-state index in [0.29, 0.717) is 24.8 Å². The number of hydrogen-bond acceptors (Lipinski definition) is 7. The van der Waals surface area contributed by atoms with Crippen molar-refractivity contribution in [3.8, 4) is 18.1 Å². The zero-order valence-electron chi connectivity index (χ0n) is 17.8. The molecule has 1 amide bonds. The zero-order valence-corrected chi connectivity index (χ0v) is 17.8. The summed E-state index contributed by atoms with van der Waals surface area (Å²) in [5.41, 5.74) is 0.683. The van der Waals surface area contributed by atoms with E-state index in [-0.39, 0.29) is 23.2 Å². The van der Waals surface area contributed by atoms with E-state index in [1.54, 1.807) is 24.2 Å². The first-order valence-corrected chi connectivity index (χ1v) is 9.90. The molecule has 9 heteroatoms. The van der Waals surface area contributed by atoms with Crippen LogP contribution in [-0.2, 0) is 11.8 Å². The number of amides is 1. The molecule has 30 heavy (non-hydrogen) atoms. The van der Waals surface area contributed by atoms with Crippen LogP contribution in [0.1, 0.15) is 20.3 Å². The van der Waals surface area contributed by atoms with Crippen LogP contribution in [-0.4, -0.2) is 63.8 Å². The first kappa shape index (κ1) is 20.0. The molecule has 2 aliphatic heterocycles. The number of ether oxygens (including phenoxy) is 1. The molecule has 9 nitrogen and oxygen atoms in total. The van der Waals surface area contributed by atoms with Crippen molar-refractivity contribution in [3.63, 3.8) is 0 Å². The topological polar surface area (TPSA) is 88.4 Å². The molecule has 0 radical (unpaired) electrons. The maximum atomic E-state index is 12.3. The Balaban J connectivity index is 1.57. The van der Waals surface area contributed by atoms with Gasteiger partial charge < -0.3 is 19.9 Å². The van der Waals surface area contributed by atoms with Gasteiger partial charge in [0.25, 0.3) is 0 Å². The maximum Gasteiger partial charge on any atom is 0.234 e. The van der Waals surface area contributed by atoms with Crippen molar-refractivity contribution in [2.24, 2.45) is 17.9 Å². The SMILES string of the molecule is C#CCC(=O)N1C[C@@]2(C)CN(c3nc(Nc4cnn(C)c4)ncc3OC)C[C@@]2(C)C1. The molecule has 2 atom stereocenters. The Bertz CT molecular complexity index is 993. The fraction of sp³-hybridized carbons (Fsp3) is 0.524. The Hall–Kier alpha value is -3.28. The largest absolute Gasteiger partial charge is 0.491 e. The van der Waals surface area contributed by atoms with Crippen LogP contribution in [0.2, 0.25) is 0 Å². The molecule has 0 bridgehead atoms. The van der Waals surface area contributed by atoms with Crippen LogP contribution >= 0.6 is 0 Å². The van der Waals surface area contributed by atoms with Gasteiger partial charge in [-0.05, 0) is 0 Å². The number of rotatable bonds is 5. The molecule has 0 unspecified atom stereocenters. The molecule has 0 spiro atoms. The summed E-state index contributed by atoms with van der Waals surface area (Å²) in [5, 5.41) is 7.34. The molecule has 2 saturated heterocycles. The van der Waals surface area contributed by atoms with Crippen molar-refractivity contribution in [1.29, 1.82) is 0 Å². The lowest BCUT2D eigenvalue weighted by Gasteiger charge is -2.29. The summed E-state index contributed by atoms with van der Waals surface area (Å²) >= 11 is 0. The number of aryl methyl sites for hydroxylation is 1. The summed E-state index contributed by atoms with van der Waals surface area (Å²) in [6, 6.07) is 0. The minimum atomic E-state index is -0.0653. The Morgan fingerprint density at radius 3 is 2.53 bits per heavy atom. The van der Waals surface area contributed by atoms with E-state index >= 15 is 0 Å². The van der Waals surface area contributed by atoms with Crippen LogP contribution in [0.15, 0.2) is 18.6 Å². The lowest BCUT2D eigenvalue weighted by molar-refractivity contribution is -0.129. The van der Waals surface area contributed by atoms with Crippen molar-refractivity contribution >= 4 is 23.4 Å². The highest BCUT2D eigenvalue weighted by molar-refractivity contribution is 5.79. The van der Waals surface area contributed by atoms with Gasteiger partial charge in [-0.2, -0.15) is 10.1 Å². The summed E-state index contributed by atoms with van der Waals surface area (Å²) in [5.74, 6) is 4.35. The van der Waals surface area contributed by atoms with Gasteiger partial charge >= 0.3 is 0 Å². The predicted octanol–water partition coefficient (Wildman–Crippen LogP) is 1.66. The smallest absolute Gasteiger partial charge is 0.234 e. The van der Waals surface area contributed by atoms with E-state index in [9.17, 15) is 4.79 Å². The van der Waals surface area contributed by atoms with Gasteiger partial charge in [0.1, 0.15) is 0 Å². The van der Waals surface area contributed by atoms with Gasteiger partial charge in [-0.3, -0.25) is 9.48 Å². The molecule has 0 saturated carbocycles. The van der Waals surface area contributed by atoms with Crippen LogP contribution < -0.4 is 15.0 Å². The first-order chi connectivity index (χ1) is 14.3. The molecule has 2 fully saturated rings. The number of carbonyl (C=O) groups is 1. The summed E-state index contributed by atoms with van der Waals surface area (Å²) < 4.78 is 7.26. The summed E-state index contributed by atoms with van der Waals surface area (Å²) in [6.07, 6.45) is 10.7. The number of carbonyl (C=O) groups excluding carboxylic acids is 1. The quantitative estimate of drug-likeness (QED) is 0.752. The zero-order chi connectivity index (χ0) is 21.5. The number of anilines is 3. The highest BCUT2D eigenvalue weighted by Gasteiger charge is 2.58. The second kappa shape index (κ2) is 7.20. The average molecular weight is 409 g/mol. The molecule has 1 N–H and O–H groups in total. The lowest BCUT2D eigenvalue weighted by atomic mass is 9.71. The van der Waals surface area contributed by atoms with Crippen LogP contribution in [0.3, 0.4) is 0 Å². The molecule has 2 aromatic heterocycles. The van der Waals surface area contributed by atoms with Crippen LogP contribution in [0.25, 0.3) is 0 Å². The van der Waals surface area contributed by atoms with Gasteiger partial charge in [0, 0.05) is 50.3 Å². The first-order valence-electron chi connectivity index (χ1n) is 9.90. The Morgan fingerprint density at radius 2 is 1.97 bits per heavy atom. The number of hydrogen-bond donors (Lipinski definition) is 1. The van der Waals surface area contributed by atoms with Gasteiger partial charge in [-0.25, -0.2) is 4.98 Å². The number of likely N-dealkylation sites (tertiary alicyclic amines) is 1. The van der Waals surface area contributed by atoms with Gasteiger partial charge in [0.15, 0.2) is 11.6 Å². The summed E-state index contributed by atoms with van der Waals surface area (Å²) in [6.45, 7) is 7.38. The van der Waals surface area contributed by atoms with Crippen LogP contribution in [0.4, 0.5) is 17.5 Å². The van der Waals surface area contributed by atoms with Crippen molar-refractivity contribution in [2.75, 3.05) is 43.5 Å². The molecule has 2 aliphatic rings. The minimum Gasteiger partial charge on any atom is -0.491 e. The molecule has 4 heterocycles. The third-order valence-corrected chi connectivity index (χ3v) is 6.44. The predicted molar refractivity (Wildman–Crippen MR) is 114 cm³/mol. The Labute approximate surface area is 176 Å². The number of fused-ring (bicyclic) bond motifs is 1. The second-order valence-electron chi connectivity index (χ2n) is 8.72. The molecule has 158 valence electrons. The maximum absolute atomic E-state index is 12.3. The molecular weight excluding hydrogens is 382 g/mol. The van der Waals surface area contributed by atoms with E-state index in [1.165, 1.54) is 0 Å². The van der Waals surface area contributed by atoms with Gasteiger partial charge in [-0.1, -0.05) is 19.8 Å². The van der Waals surface area contributed by atoms with Crippen LogP contribution in [0.5, 0.6) is 5.75 Å². The monoisotopic (exact) mass is 409 g/mol. The van der Waals surface area contributed by atoms with Crippen molar-refractivity contribution in [2.45, 2.75) is 20.3 Å². The standard InChI is InChI=1S/C21H27N7O2/c1-6-7-17(29)27-11-20(2)13-28(14-21(20,3)12-27)18-16(30-5)9-22-19(25-18)24-15-8-23-26(4)10-15/h1,8-10H,7,11-14H2,2-5H3,(H,22,24,25)/t20-,21+. The van der Waals surface area contributed by atoms with E-state index in [1.807, 2.05) is 18.1 Å². The van der Waals surface area contributed by atoms with E-state index in [2.05, 4.69) is 40.1 Å². The van der Waals surface area contributed by atoms with Gasteiger partial charge in [0.2, 0.25) is 11.9 Å². The van der Waals surface area contributed by atoms with Crippen LogP contribution in [0, 0.1) is 23.2 Å². The highest BCUT2D eigenvalue weighted by atomic mass is 16.5. The fourth-order valence-corrected chi connectivity index (χ4v) is 4.59. The molecule has 4 rings (SSSR count).